The Balaban J connectivity index is 2.03. The molecule has 112 valence electrons. The van der Waals surface area contributed by atoms with Gasteiger partial charge in [0, 0.05) is 24.4 Å². The van der Waals surface area contributed by atoms with Gasteiger partial charge < -0.3 is 16.0 Å². The van der Waals surface area contributed by atoms with Crippen molar-refractivity contribution in [1.29, 1.82) is 0 Å². The number of benzene rings is 1. The van der Waals surface area contributed by atoms with E-state index in [4.69, 9.17) is 0 Å². The number of amides is 2. The van der Waals surface area contributed by atoms with Crippen LogP contribution in [0.25, 0.3) is 0 Å². The van der Waals surface area contributed by atoms with Gasteiger partial charge in [0.15, 0.2) is 6.54 Å². The van der Waals surface area contributed by atoms with E-state index in [1.54, 1.807) is 0 Å². The van der Waals surface area contributed by atoms with Crippen LogP contribution >= 0.6 is 0 Å². The van der Waals surface area contributed by atoms with Crippen molar-refractivity contribution in [3.63, 3.8) is 0 Å². The lowest BCUT2D eigenvalue weighted by Gasteiger charge is -2.22. The molecule has 0 bridgehead atoms. The smallest absolute Gasteiger partial charge is 0.278 e. The fraction of sp³-hybridized carbons (Fsp3) is 0.385. The number of hydrogen-bond acceptors (Lipinski definition) is 4. The zero-order chi connectivity index (χ0) is 15.4. The van der Waals surface area contributed by atoms with E-state index < -0.39 is 11.0 Å². The second kappa shape index (κ2) is 6.31. The summed E-state index contributed by atoms with van der Waals surface area (Å²) in [6, 6.07) is 5.10. The van der Waals surface area contributed by atoms with Crippen LogP contribution in [0.15, 0.2) is 24.3 Å². The molecule has 0 saturated carbocycles. The largest absolute Gasteiger partial charge is 0.350 e. The number of anilines is 1. The molecule has 1 aliphatic heterocycles. The van der Waals surface area contributed by atoms with E-state index in [2.05, 4.69) is 11.1 Å². The molecule has 2 rings (SSSR count). The summed E-state index contributed by atoms with van der Waals surface area (Å²) in [5.41, 5.74) is 3.98. The van der Waals surface area contributed by atoms with Crippen LogP contribution in [0.4, 0.5) is 11.4 Å². The molecule has 0 unspecified atom stereocenters. The minimum atomic E-state index is -0.503. The van der Waals surface area contributed by atoms with Crippen molar-refractivity contribution >= 4 is 23.2 Å². The number of hydrogen-bond donors (Lipinski definition) is 2. The van der Waals surface area contributed by atoms with Gasteiger partial charge in [0.05, 0.1) is 4.92 Å². The summed E-state index contributed by atoms with van der Waals surface area (Å²) in [4.78, 5) is 35.5. The van der Waals surface area contributed by atoms with Crippen molar-refractivity contribution in [3.8, 4) is 0 Å². The first-order chi connectivity index (χ1) is 10.0. The molecule has 21 heavy (non-hydrogen) atoms. The van der Waals surface area contributed by atoms with E-state index in [1.165, 1.54) is 29.2 Å². The Morgan fingerprint density at radius 2 is 2.05 bits per heavy atom. The lowest BCUT2D eigenvalue weighted by Crippen LogP contribution is -2.59. The molecule has 0 spiro atoms. The third-order valence-corrected chi connectivity index (χ3v) is 3.44. The van der Waals surface area contributed by atoms with E-state index in [-0.39, 0.29) is 24.0 Å². The zero-order valence-electron chi connectivity index (χ0n) is 11.4. The van der Waals surface area contributed by atoms with Gasteiger partial charge in [-0.15, -0.1) is 0 Å². The van der Waals surface area contributed by atoms with Gasteiger partial charge in [-0.2, -0.15) is 0 Å². The Labute approximate surface area is 121 Å². The van der Waals surface area contributed by atoms with Crippen molar-refractivity contribution in [1.82, 2.24) is 4.90 Å². The van der Waals surface area contributed by atoms with E-state index in [0.29, 0.717) is 18.7 Å². The third-order valence-electron chi connectivity index (χ3n) is 3.44. The van der Waals surface area contributed by atoms with Crippen LogP contribution in [-0.2, 0) is 9.59 Å². The predicted molar refractivity (Wildman–Crippen MR) is 74.2 cm³/mol. The highest BCUT2D eigenvalue weighted by Gasteiger charge is 2.34. The molecule has 1 atom stereocenters. The molecule has 0 radical (unpaired) electrons. The van der Waals surface area contributed by atoms with Crippen LogP contribution < -0.4 is 11.1 Å². The van der Waals surface area contributed by atoms with Gasteiger partial charge in [0.25, 0.3) is 11.6 Å². The number of nitrogens with zero attached hydrogens (tertiary/aromatic N) is 2. The molecule has 2 amide bonds. The number of non-ortho nitro benzene ring substituents is 1. The summed E-state index contributed by atoms with van der Waals surface area (Å²) < 4.78 is 0. The number of nitrogens with one attached hydrogen (secondary N) is 1. The molecule has 0 aromatic heterocycles. The number of carbonyl (C=O) groups excluding carboxylic acids is 2. The van der Waals surface area contributed by atoms with E-state index in [1.807, 2.05) is 0 Å². The van der Waals surface area contributed by atoms with Gasteiger partial charge in [-0.3, -0.25) is 19.7 Å². The standard InChI is InChI=1S/C13H16N4O4/c14-8-12(18)16-7-1-2-11(16)13(19)15-9-3-5-10(6-4-9)17(20)21/h3-6,11H,1-2,7-8,14H2,(H,15,19)/p+1/t11-/m0/s1. The average molecular weight is 293 g/mol. The summed E-state index contributed by atoms with van der Waals surface area (Å²) in [6.45, 7) is 0.689. The van der Waals surface area contributed by atoms with Crippen LogP contribution in [0.3, 0.4) is 0 Å². The van der Waals surface area contributed by atoms with Gasteiger partial charge in [-0.1, -0.05) is 0 Å². The number of carbonyl (C=O) groups is 2. The Bertz CT molecular complexity index is 558. The summed E-state index contributed by atoms with van der Waals surface area (Å²) in [5, 5.41) is 13.2. The van der Waals surface area contributed by atoms with E-state index >= 15 is 0 Å². The Morgan fingerprint density at radius 1 is 1.38 bits per heavy atom. The molecular weight excluding hydrogens is 276 g/mol. The van der Waals surface area contributed by atoms with Crippen molar-refractivity contribution in [2.75, 3.05) is 18.4 Å². The lowest BCUT2D eigenvalue weighted by molar-refractivity contribution is -0.384. The van der Waals surface area contributed by atoms with Gasteiger partial charge in [0.2, 0.25) is 5.91 Å². The highest BCUT2D eigenvalue weighted by atomic mass is 16.6. The molecule has 1 aromatic rings. The number of likely N-dealkylation sites (tertiary alicyclic amines) is 1. The maximum Gasteiger partial charge on any atom is 0.278 e. The highest BCUT2D eigenvalue weighted by Crippen LogP contribution is 2.20. The molecule has 1 fully saturated rings. The molecule has 8 nitrogen and oxygen atoms in total. The van der Waals surface area contributed by atoms with Crippen LogP contribution in [0.5, 0.6) is 0 Å². The van der Waals surface area contributed by atoms with Gasteiger partial charge in [-0.05, 0) is 25.0 Å². The minimum absolute atomic E-state index is 0.0391. The molecular formula is C13H17N4O4+. The Morgan fingerprint density at radius 3 is 2.62 bits per heavy atom. The maximum absolute atomic E-state index is 12.2. The van der Waals surface area contributed by atoms with E-state index in [9.17, 15) is 19.7 Å². The van der Waals surface area contributed by atoms with Crippen LogP contribution in [0, 0.1) is 10.1 Å². The summed E-state index contributed by atoms with van der Waals surface area (Å²) in [6.07, 6.45) is 1.40. The Kier molecular flexibility index (Phi) is 4.49. The van der Waals surface area contributed by atoms with Crippen molar-refractivity contribution in [2.45, 2.75) is 18.9 Å². The predicted octanol–water partition coefficient (Wildman–Crippen LogP) is -0.234. The molecule has 0 aliphatic carbocycles. The fourth-order valence-electron chi connectivity index (χ4n) is 2.37. The Hall–Kier alpha value is -2.48. The van der Waals surface area contributed by atoms with Crippen LogP contribution in [0.2, 0.25) is 0 Å². The molecule has 1 aliphatic rings. The minimum Gasteiger partial charge on any atom is -0.350 e. The first-order valence-corrected chi connectivity index (χ1v) is 6.67. The summed E-state index contributed by atoms with van der Waals surface area (Å²) in [7, 11) is 0. The first-order valence-electron chi connectivity index (χ1n) is 6.67. The van der Waals surface area contributed by atoms with Crippen molar-refractivity contribution in [2.24, 2.45) is 0 Å². The van der Waals surface area contributed by atoms with Gasteiger partial charge in [-0.25, -0.2) is 0 Å². The monoisotopic (exact) mass is 293 g/mol. The van der Waals surface area contributed by atoms with Crippen LogP contribution in [-0.4, -0.2) is 40.8 Å². The molecule has 1 heterocycles. The number of nitro groups is 1. The number of rotatable bonds is 4. The van der Waals surface area contributed by atoms with Gasteiger partial charge >= 0.3 is 0 Å². The summed E-state index contributed by atoms with van der Waals surface area (Å²) >= 11 is 0. The maximum atomic E-state index is 12.2. The van der Waals surface area contributed by atoms with Gasteiger partial charge in [0.1, 0.15) is 6.04 Å². The molecule has 4 N–H and O–H groups in total. The topological polar surface area (TPSA) is 120 Å². The second-order valence-electron chi connectivity index (χ2n) is 4.79. The third kappa shape index (κ3) is 3.34. The van der Waals surface area contributed by atoms with Crippen molar-refractivity contribution in [3.05, 3.63) is 34.4 Å². The van der Waals surface area contributed by atoms with E-state index in [0.717, 1.165) is 6.42 Å². The highest BCUT2D eigenvalue weighted by molar-refractivity contribution is 5.97. The quantitative estimate of drug-likeness (QED) is 0.588. The SMILES string of the molecule is [NH3+]CC(=O)N1CCC[C@H]1C(=O)Nc1ccc([N+](=O)[O-])cc1. The molecule has 1 saturated heterocycles. The fourth-order valence-corrected chi connectivity index (χ4v) is 2.37. The van der Waals surface area contributed by atoms with Crippen LogP contribution in [0.1, 0.15) is 12.8 Å². The summed E-state index contributed by atoms with van der Waals surface area (Å²) in [5.74, 6) is -0.417. The second-order valence-corrected chi connectivity index (χ2v) is 4.79. The number of nitro benzene ring substituents is 1. The normalized spacial score (nSPS) is 17.6. The molecule has 1 aromatic carbocycles. The first kappa shape index (κ1) is 14.9. The van der Waals surface area contributed by atoms with Crippen molar-refractivity contribution < 1.29 is 20.2 Å². The average Bonchev–Trinajstić information content (AvgIpc) is 2.96. The number of quaternary nitrogens is 1. The zero-order valence-corrected chi connectivity index (χ0v) is 11.4. The lowest BCUT2D eigenvalue weighted by atomic mass is 10.2. The molecule has 8 heteroatoms.